The molecule has 0 unspecified atom stereocenters. The number of urea groups is 2. The van der Waals surface area contributed by atoms with Crippen molar-refractivity contribution in [3.05, 3.63) is 24.3 Å². The Labute approximate surface area is 173 Å². The Morgan fingerprint density at radius 1 is 1.07 bits per heavy atom. The maximum Gasteiger partial charge on any atom is 0.339 e. The summed E-state index contributed by atoms with van der Waals surface area (Å²) < 4.78 is 5.02. The van der Waals surface area contributed by atoms with Crippen molar-refractivity contribution in [1.82, 2.24) is 15.5 Å². The second kappa shape index (κ2) is 8.93. The summed E-state index contributed by atoms with van der Waals surface area (Å²) in [5, 5.41) is 4.87. The summed E-state index contributed by atoms with van der Waals surface area (Å²) in [6.45, 7) is 1.30. The van der Waals surface area contributed by atoms with E-state index < -0.39 is 36.3 Å². The highest BCUT2D eigenvalue weighted by Crippen LogP contribution is 2.25. The fourth-order valence-electron chi connectivity index (χ4n) is 3.65. The Balaban J connectivity index is 1.60. The van der Waals surface area contributed by atoms with Crippen LogP contribution in [-0.2, 0) is 14.4 Å². The monoisotopic (exact) mass is 416 g/mol. The molecule has 2 N–H and O–H groups in total. The highest BCUT2D eigenvalue weighted by Gasteiger charge is 2.46. The Hall–Kier alpha value is -3.43. The number of nitrogens with one attached hydrogen (secondary N) is 2. The molecule has 0 radical (unpaired) electrons. The summed E-state index contributed by atoms with van der Waals surface area (Å²) in [5.41, 5.74) is 0.172. The number of imide groups is 3. The number of hydrogen-bond acceptors (Lipinski definition) is 6. The number of rotatable bonds is 5. The van der Waals surface area contributed by atoms with E-state index in [4.69, 9.17) is 4.74 Å². The number of anilines is 1. The van der Waals surface area contributed by atoms with Gasteiger partial charge in [-0.1, -0.05) is 19.8 Å². The number of carbonyl (C=O) groups is 5. The van der Waals surface area contributed by atoms with Crippen LogP contribution in [0.25, 0.3) is 0 Å². The lowest BCUT2D eigenvalue weighted by Crippen LogP contribution is -2.50. The molecular weight excluding hydrogens is 392 g/mol. The molecule has 1 aromatic carbocycles. The van der Waals surface area contributed by atoms with Gasteiger partial charge in [-0.2, -0.15) is 0 Å². The zero-order chi connectivity index (χ0) is 21.8. The van der Waals surface area contributed by atoms with Gasteiger partial charge in [0, 0.05) is 6.04 Å². The van der Waals surface area contributed by atoms with Gasteiger partial charge in [-0.15, -0.1) is 0 Å². The highest BCUT2D eigenvalue weighted by molar-refractivity contribution is 6.53. The first-order valence-electron chi connectivity index (χ1n) is 9.76. The number of benzene rings is 1. The van der Waals surface area contributed by atoms with Gasteiger partial charge in [-0.05, 0) is 43.0 Å². The third-order valence-electron chi connectivity index (χ3n) is 5.37. The highest BCUT2D eigenvalue weighted by atomic mass is 16.5. The molecule has 1 saturated heterocycles. The molecule has 10 nitrogen and oxygen atoms in total. The van der Waals surface area contributed by atoms with Crippen LogP contribution < -0.4 is 20.3 Å². The van der Waals surface area contributed by atoms with Gasteiger partial charge < -0.3 is 10.1 Å². The average Bonchev–Trinajstić information content (AvgIpc) is 2.93. The molecule has 30 heavy (non-hydrogen) atoms. The molecule has 2 aliphatic rings. The molecule has 3 rings (SSSR count). The lowest BCUT2D eigenvalue weighted by molar-refractivity contribution is -0.140. The van der Waals surface area contributed by atoms with Crippen molar-refractivity contribution in [1.29, 1.82) is 0 Å². The predicted molar refractivity (Wildman–Crippen MR) is 106 cm³/mol. The first-order chi connectivity index (χ1) is 14.3. The lowest BCUT2D eigenvalue weighted by Gasteiger charge is -2.29. The van der Waals surface area contributed by atoms with E-state index >= 15 is 0 Å². The molecule has 1 saturated carbocycles. The number of amides is 7. The third-order valence-corrected chi connectivity index (χ3v) is 5.37. The van der Waals surface area contributed by atoms with E-state index in [0.717, 1.165) is 25.7 Å². The molecule has 1 heterocycles. The molecule has 0 aromatic heterocycles. The second-order valence-corrected chi connectivity index (χ2v) is 7.40. The minimum absolute atomic E-state index is 0.0336. The quantitative estimate of drug-likeness (QED) is 0.552. The van der Waals surface area contributed by atoms with Gasteiger partial charge in [0.15, 0.2) is 0 Å². The van der Waals surface area contributed by atoms with Crippen molar-refractivity contribution < 1.29 is 28.7 Å². The molecule has 160 valence electrons. The Bertz CT molecular complexity index is 869. The van der Waals surface area contributed by atoms with E-state index in [1.165, 1.54) is 31.4 Å². The zero-order valence-corrected chi connectivity index (χ0v) is 16.8. The standard InChI is InChI=1S/C20H24N4O6/c1-12-5-3-4-6-15(12)21-19(28)22-16(25)11-23-17(26)18(27)24(20(23)29)13-7-9-14(30-2)10-8-13/h7-10,12,15H,3-6,11H2,1-2H3,(H2,21,22,25,28)/t12-,15-/m1/s1. The summed E-state index contributed by atoms with van der Waals surface area (Å²) in [4.78, 5) is 62.5. The number of methoxy groups -OCH3 is 1. The molecule has 10 heteroatoms. The average molecular weight is 416 g/mol. The third kappa shape index (κ3) is 4.42. The van der Waals surface area contributed by atoms with E-state index in [2.05, 4.69) is 10.6 Å². The minimum atomic E-state index is -1.13. The van der Waals surface area contributed by atoms with Gasteiger partial charge >= 0.3 is 23.9 Å². The summed E-state index contributed by atoms with van der Waals surface area (Å²) in [6.07, 6.45) is 3.94. The number of carbonyl (C=O) groups excluding carboxylic acids is 5. The van der Waals surface area contributed by atoms with Crippen molar-refractivity contribution >= 4 is 35.5 Å². The molecular formula is C20H24N4O6. The summed E-state index contributed by atoms with van der Waals surface area (Å²) in [5.74, 6) is -2.25. The maximum atomic E-state index is 12.6. The molecule has 1 aliphatic heterocycles. The van der Waals surface area contributed by atoms with Gasteiger partial charge in [-0.25, -0.2) is 19.4 Å². The Kier molecular flexibility index (Phi) is 6.34. The van der Waals surface area contributed by atoms with E-state index in [1.54, 1.807) is 0 Å². The second-order valence-electron chi connectivity index (χ2n) is 7.40. The van der Waals surface area contributed by atoms with Crippen LogP contribution in [0.2, 0.25) is 0 Å². The van der Waals surface area contributed by atoms with Crippen LogP contribution in [0, 0.1) is 5.92 Å². The van der Waals surface area contributed by atoms with Crippen molar-refractivity contribution in [3.63, 3.8) is 0 Å². The fourth-order valence-corrected chi connectivity index (χ4v) is 3.65. The Morgan fingerprint density at radius 2 is 1.73 bits per heavy atom. The fraction of sp³-hybridized carbons (Fsp3) is 0.450. The van der Waals surface area contributed by atoms with E-state index in [-0.39, 0.29) is 11.7 Å². The smallest absolute Gasteiger partial charge is 0.339 e. The van der Waals surface area contributed by atoms with Gasteiger partial charge in [0.05, 0.1) is 12.8 Å². The molecule has 1 aromatic rings. The van der Waals surface area contributed by atoms with E-state index in [1.807, 2.05) is 6.92 Å². The number of nitrogens with zero attached hydrogens (tertiary/aromatic N) is 2. The summed E-state index contributed by atoms with van der Waals surface area (Å²) in [6, 6.07) is 4.30. The SMILES string of the molecule is COc1ccc(N2C(=O)C(=O)N(CC(=O)NC(=O)N[C@@H]3CCCC[C@H]3C)C2=O)cc1. The van der Waals surface area contributed by atoms with Crippen LogP contribution in [0.1, 0.15) is 32.6 Å². The van der Waals surface area contributed by atoms with Crippen molar-refractivity contribution in [2.75, 3.05) is 18.6 Å². The molecule has 0 spiro atoms. The predicted octanol–water partition coefficient (Wildman–Crippen LogP) is 1.39. The van der Waals surface area contributed by atoms with E-state index in [9.17, 15) is 24.0 Å². The largest absolute Gasteiger partial charge is 0.497 e. The first kappa shape index (κ1) is 21.3. The number of hydrogen-bond donors (Lipinski definition) is 2. The summed E-state index contributed by atoms with van der Waals surface area (Å²) in [7, 11) is 1.47. The zero-order valence-electron chi connectivity index (χ0n) is 16.8. The first-order valence-corrected chi connectivity index (χ1v) is 9.76. The molecule has 2 atom stereocenters. The van der Waals surface area contributed by atoms with Crippen molar-refractivity contribution in [3.8, 4) is 5.75 Å². The molecule has 1 aliphatic carbocycles. The molecule has 7 amide bonds. The van der Waals surface area contributed by atoms with Crippen LogP contribution in [0.5, 0.6) is 5.75 Å². The lowest BCUT2D eigenvalue weighted by atomic mass is 9.86. The topological polar surface area (TPSA) is 125 Å². The normalized spacial score (nSPS) is 21.6. The molecule has 0 bridgehead atoms. The van der Waals surface area contributed by atoms with Crippen LogP contribution in [0.3, 0.4) is 0 Å². The van der Waals surface area contributed by atoms with Gasteiger partial charge in [0.1, 0.15) is 12.3 Å². The van der Waals surface area contributed by atoms with Crippen LogP contribution in [-0.4, -0.2) is 54.4 Å². The van der Waals surface area contributed by atoms with Crippen molar-refractivity contribution in [2.24, 2.45) is 5.92 Å². The van der Waals surface area contributed by atoms with E-state index in [0.29, 0.717) is 21.5 Å². The van der Waals surface area contributed by atoms with Crippen LogP contribution in [0.4, 0.5) is 15.3 Å². The maximum absolute atomic E-state index is 12.6. The summed E-state index contributed by atoms with van der Waals surface area (Å²) >= 11 is 0. The van der Waals surface area contributed by atoms with Gasteiger partial charge in [0.2, 0.25) is 5.91 Å². The number of ether oxygens (including phenoxy) is 1. The Morgan fingerprint density at radius 3 is 2.37 bits per heavy atom. The van der Waals surface area contributed by atoms with Crippen molar-refractivity contribution in [2.45, 2.75) is 38.6 Å². The molecule has 2 fully saturated rings. The van der Waals surface area contributed by atoms with Crippen LogP contribution in [0.15, 0.2) is 24.3 Å². The van der Waals surface area contributed by atoms with Gasteiger partial charge in [0.25, 0.3) is 0 Å². The van der Waals surface area contributed by atoms with Crippen LogP contribution >= 0.6 is 0 Å². The van der Waals surface area contributed by atoms with Gasteiger partial charge in [-0.3, -0.25) is 19.7 Å². The minimum Gasteiger partial charge on any atom is -0.497 e.